The van der Waals surface area contributed by atoms with Gasteiger partial charge in [-0.3, -0.25) is 0 Å². The first-order valence-electron chi connectivity index (χ1n) is 16.4. The minimum Gasteiger partial charge on any atom is -0.455 e. The highest BCUT2D eigenvalue weighted by Gasteiger charge is 2.22. The molecule has 0 aliphatic heterocycles. The molecule has 0 bridgehead atoms. The number of hydrogen-bond donors (Lipinski definition) is 0. The highest BCUT2D eigenvalue weighted by atomic mass is 32.1. The molecule has 0 unspecified atom stereocenters. The second kappa shape index (κ2) is 11.8. The van der Waals surface area contributed by atoms with Crippen LogP contribution in [0.5, 0.6) is 0 Å². The van der Waals surface area contributed by atoms with Gasteiger partial charge < -0.3 is 4.42 Å². The van der Waals surface area contributed by atoms with E-state index in [4.69, 9.17) is 29.3 Å². The average Bonchev–Trinajstić information content (AvgIpc) is 3.77. The maximum atomic E-state index is 14.0. The molecule has 240 valence electrons. The Morgan fingerprint density at radius 3 is 1.82 bits per heavy atom. The van der Waals surface area contributed by atoms with Gasteiger partial charge in [0.05, 0.1) is 21.5 Å². The van der Waals surface area contributed by atoms with Gasteiger partial charge in [0.15, 0.2) is 23.3 Å². The van der Waals surface area contributed by atoms with Crippen LogP contribution in [0, 0.1) is 5.82 Å². The molecule has 4 aromatic heterocycles. The number of hydrogen-bond acceptors (Lipinski definition) is 7. The van der Waals surface area contributed by atoms with Crippen LogP contribution in [0.4, 0.5) is 4.39 Å². The number of thiophene rings is 1. The first kappa shape index (κ1) is 29.3. The zero-order valence-electron chi connectivity index (χ0n) is 26.8. The molecule has 8 heteroatoms. The largest absolute Gasteiger partial charge is 0.455 e. The van der Waals surface area contributed by atoms with E-state index in [1.54, 1.807) is 23.5 Å². The summed E-state index contributed by atoms with van der Waals surface area (Å²) in [5.41, 5.74) is 7.13. The number of fused-ring (bicyclic) bond motifs is 6. The number of benzene rings is 6. The molecule has 0 aliphatic carbocycles. The fourth-order valence-corrected chi connectivity index (χ4v) is 7.81. The number of nitrogens with zero attached hydrogens (tertiary/aromatic N) is 5. The van der Waals surface area contributed by atoms with Crippen molar-refractivity contribution < 1.29 is 8.81 Å². The van der Waals surface area contributed by atoms with Crippen molar-refractivity contribution in [2.75, 3.05) is 0 Å². The van der Waals surface area contributed by atoms with E-state index in [2.05, 4.69) is 12.1 Å². The Morgan fingerprint density at radius 2 is 1.08 bits per heavy atom. The smallest absolute Gasteiger partial charge is 0.164 e. The molecule has 0 N–H and O–H groups in total. The molecule has 0 saturated carbocycles. The van der Waals surface area contributed by atoms with Crippen LogP contribution in [0.15, 0.2) is 150 Å². The molecule has 0 aliphatic rings. The van der Waals surface area contributed by atoms with Crippen LogP contribution in [0.25, 0.3) is 99.1 Å². The molecule has 10 aromatic rings. The van der Waals surface area contributed by atoms with Gasteiger partial charge in [0.25, 0.3) is 0 Å². The fourth-order valence-electron chi connectivity index (χ4n) is 6.65. The molecular formula is C43H24FN5OS. The highest BCUT2D eigenvalue weighted by molar-refractivity contribution is 7.26. The quantitative estimate of drug-likeness (QED) is 0.180. The van der Waals surface area contributed by atoms with Gasteiger partial charge in [-0.1, -0.05) is 103 Å². The standard InChI is InChI=1S/C43H24FN5OS/c44-28-23-21-25(22-24-28)36-39-37(29-15-7-8-20-34(29)51-39)46-43(45-36)32-18-9-16-30-35-31(17-10-19-33(35)50-38(30)32)42-48-40(26-11-3-1-4-12-26)47-41(49-42)27-13-5-2-6-14-27/h1-24H. The summed E-state index contributed by atoms with van der Waals surface area (Å²) in [5, 5.41) is 2.82. The number of furan rings is 1. The first-order chi connectivity index (χ1) is 25.2. The van der Waals surface area contributed by atoms with Crippen molar-refractivity contribution in [2.24, 2.45) is 0 Å². The van der Waals surface area contributed by atoms with Gasteiger partial charge in [-0.05, 0) is 42.5 Å². The lowest BCUT2D eigenvalue weighted by Gasteiger charge is -2.09. The van der Waals surface area contributed by atoms with Gasteiger partial charge in [-0.15, -0.1) is 11.3 Å². The maximum Gasteiger partial charge on any atom is 0.164 e. The lowest BCUT2D eigenvalue weighted by molar-refractivity contribution is 0.628. The molecule has 0 fully saturated rings. The molecule has 6 nitrogen and oxygen atoms in total. The summed E-state index contributed by atoms with van der Waals surface area (Å²) in [6.45, 7) is 0. The van der Waals surface area contributed by atoms with Gasteiger partial charge >= 0.3 is 0 Å². The molecule has 10 rings (SSSR count). The van der Waals surface area contributed by atoms with E-state index in [-0.39, 0.29) is 5.82 Å². The summed E-state index contributed by atoms with van der Waals surface area (Å²) < 4.78 is 22.8. The van der Waals surface area contributed by atoms with Crippen molar-refractivity contribution in [3.63, 3.8) is 0 Å². The van der Waals surface area contributed by atoms with E-state index < -0.39 is 0 Å². The number of rotatable bonds is 5. The summed E-state index contributed by atoms with van der Waals surface area (Å²) in [6, 6.07) is 46.5. The van der Waals surface area contributed by atoms with E-state index >= 15 is 0 Å². The van der Waals surface area contributed by atoms with Crippen LogP contribution in [0.2, 0.25) is 0 Å². The van der Waals surface area contributed by atoms with Crippen LogP contribution in [-0.2, 0) is 0 Å². The summed E-state index contributed by atoms with van der Waals surface area (Å²) in [6.07, 6.45) is 0. The molecule has 0 spiro atoms. The Bertz CT molecular complexity index is 2870. The van der Waals surface area contributed by atoms with Gasteiger partial charge in [0.1, 0.15) is 17.0 Å². The van der Waals surface area contributed by atoms with E-state index in [1.807, 2.05) is 109 Å². The number of aromatic nitrogens is 5. The van der Waals surface area contributed by atoms with Crippen molar-refractivity contribution >= 4 is 53.6 Å². The van der Waals surface area contributed by atoms with Crippen molar-refractivity contribution in [3.8, 4) is 56.8 Å². The molecule has 0 amide bonds. The van der Waals surface area contributed by atoms with Gasteiger partial charge in [-0.2, -0.15) is 0 Å². The topological polar surface area (TPSA) is 77.6 Å². The Balaban J connectivity index is 1.21. The first-order valence-corrected chi connectivity index (χ1v) is 17.3. The van der Waals surface area contributed by atoms with E-state index in [9.17, 15) is 4.39 Å². The van der Waals surface area contributed by atoms with Crippen LogP contribution < -0.4 is 0 Å². The fraction of sp³-hybridized carbons (Fsp3) is 0. The SMILES string of the molecule is Fc1ccc(-c2nc(-c3cccc4c3oc3cccc(-c5nc(-c6ccccc6)nc(-c6ccccc6)n5)c34)nc3c2sc2ccccc23)cc1. The Kier molecular flexibility index (Phi) is 6.75. The highest BCUT2D eigenvalue weighted by Crippen LogP contribution is 2.43. The van der Waals surface area contributed by atoms with Gasteiger partial charge in [-0.25, -0.2) is 29.3 Å². The second-order valence-electron chi connectivity index (χ2n) is 12.2. The van der Waals surface area contributed by atoms with E-state index in [0.29, 0.717) is 34.5 Å². The lowest BCUT2D eigenvalue weighted by Crippen LogP contribution is -2.00. The van der Waals surface area contributed by atoms with Crippen LogP contribution in [-0.4, -0.2) is 24.9 Å². The molecule has 0 radical (unpaired) electrons. The van der Waals surface area contributed by atoms with E-state index in [0.717, 1.165) is 64.6 Å². The second-order valence-corrected chi connectivity index (χ2v) is 13.2. The van der Waals surface area contributed by atoms with Crippen LogP contribution in [0.1, 0.15) is 0 Å². The van der Waals surface area contributed by atoms with Crippen molar-refractivity contribution in [1.29, 1.82) is 0 Å². The normalized spacial score (nSPS) is 11.6. The third-order valence-electron chi connectivity index (χ3n) is 9.04. The molecule has 6 aromatic carbocycles. The van der Waals surface area contributed by atoms with Gasteiger partial charge in [0.2, 0.25) is 0 Å². The summed E-state index contributed by atoms with van der Waals surface area (Å²) in [5.74, 6) is 1.94. The van der Waals surface area contributed by atoms with Crippen molar-refractivity contribution in [2.45, 2.75) is 0 Å². The minimum absolute atomic E-state index is 0.298. The predicted octanol–water partition coefficient (Wildman–Crippen LogP) is 11.4. The molecule has 0 saturated heterocycles. The molecule has 0 atom stereocenters. The number of para-hydroxylation sites is 1. The third kappa shape index (κ3) is 4.95. The molecule has 51 heavy (non-hydrogen) atoms. The Labute approximate surface area is 294 Å². The van der Waals surface area contributed by atoms with Crippen LogP contribution >= 0.6 is 11.3 Å². The lowest BCUT2D eigenvalue weighted by atomic mass is 10.0. The zero-order chi connectivity index (χ0) is 33.9. The monoisotopic (exact) mass is 677 g/mol. The minimum atomic E-state index is -0.298. The third-order valence-corrected chi connectivity index (χ3v) is 10.2. The van der Waals surface area contributed by atoms with E-state index in [1.165, 1.54) is 12.1 Å². The Hall–Kier alpha value is -6.64. The summed E-state index contributed by atoms with van der Waals surface area (Å²) in [4.78, 5) is 25.2. The average molecular weight is 678 g/mol. The van der Waals surface area contributed by atoms with Gasteiger partial charge in [0, 0.05) is 43.1 Å². The Morgan fingerprint density at radius 1 is 0.471 bits per heavy atom. The van der Waals surface area contributed by atoms with Crippen LogP contribution in [0.3, 0.4) is 0 Å². The maximum absolute atomic E-state index is 14.0. The predicted molar refractivity (Wildman–Crippen MR) is 203 cm³/mol. The number of halogens is 1. The summed E-state index contributed by atoms with van der Waals surface area (Å²) in [7, 11) is 0. The molecule has 4 heterocycles. The summed E-state index contributed by atoms with van der Waals surface area (Å²) >= 11 is 1.64. The van der Waals surface area contributed by atoms with Crippen molar-refractivity contribution in [1.82, 2.24) is 24.9 Å². The van der Waals surface area contributed by atoms with Crippen molar-refractivity contribution in [3.05, 3.63) is 151 Å². The molecular weight excluding hydrogens is 654 g/mol. The zero-order valence-corrected chi connectivity index (χ0v) is 27.6.